The fourth-order valence-corrected chi connectivity index (χ4v) is 1.54. The molecule has 5 N–H and O–H groups in total. The van der Waals surface area contributed by atoms with Crippen LogP contribution >= 0.6 is 0 Å². The molecule has 0 bridgehead atoms. The van der Waals surface area contributed by atoms with E-state index in [4.69, 9.17) is 9.84 Å². The lowest BCUT2D eigenvalue weighted by atomic mass is 10.1. The van der Waals surface area contributed by atoms with Crippen LogP contribution in [0.5, 0.6) is 5.75 Å². The molecule has 0 heterocycles. The third kappa shape index (κ3) is 2.73. The minimum Gasteiger partial charge on any atom is -0.479 e. The second-order valence-corrected chi connectivity index (χ2v) is 3.58. The maximum atomic E-state index is 10.7. The summed E-state index contributed by atoms with van der Waals surface area (Å²) in [4.78, 5) is 10.7. The Morgan fingerprint density at radius 1 is 1.18 bits per heavy atom. The topological polar surface area (TPSA) is 83.0 Å². The number of rotatable bonds is 3. The molecule has 0 aromatic heterocycles. The van der Waals surface area contributed by atoms with Crippen LogP contribution in [-0.4, -0.2) is 17.2 Å². The molecule has 2 aromatic rings. The van der Waals surface area contributed by atoms with Crippen molar-refractivity contribution in [3.63, 3.8) is 0 Å². The van der Waals surface area contributed by atoms with Gasteiger partial charge in [0.2, 0.25) is 0 Å². The zero-order valence-corrected chi connectivity index (χ0v) is 9.88. The Kier molecular flexibility index (Phi) is 4.06. The number of carboxylic acid groups (broad SMARTS) is 1. The molecule has 0 radical (unpaired) electrons. The van der Waals surface area contributed by atoms with Crippen LogP contribution < -0.4 is 10.9 Å². The van der Waals surface area contributed by atoms with Crippen LogP contribution in [0.15, 0.2) is 42.5 Å². The molecule has 0 aliphatic rings. The monoisotopic (exact) mass is 234 g/mol. The summed E-state index contributed by atoms with van der Waals surface area (Å²) in [5.74, 6) is -0.360. The molecule has 0 fully saturated rings. The number of aliphatic carboxylic acids is 1. The first-order valence-electron chi connectivity index (χ1n) is 5.05. The first-order valence-corrected chi connectivity index (χ1v) is 5.05. The molecule has 0 unspecified atom stereocenters. The first kappa shape index (κ1) is 13.0. The fourth-order valence-electron chi connectivity index (χ4n) is 1.54. The van der Waals surface area contributed by atoms with E-state index < -0.39 is 12.1 Å². The van der Waals surface area contributed by atoms with Gasteiger partial charge < -0.3 is 16.0 Å². The average Bonchev–Trinajstić information content (AvgIpc) is 2.29. The van der Waals surface area contributed by atoms with E-state index in [9.17, 15) is 4.79 Å². The van der Waals surface area contributed by atoms with Gasteiger partial charge in [0.1, 0.15) is 5.75 Å². The van der Waals surface area contributed by atoms with Crippen LogP contribution in [0.4, 0.5) is 0 Å². The summed E-state index contributed by atoms with van der Waals surface area (Å²) < 4.78 is 5.39. The van der Waals surface area contributed by atoms with E-state index in [0.29, 0.717) is 5.75 Å². The van der Waals surface area contributed by atoms with Crippen molar-refractivity contribution in [3.8, 4) is 5.75 Å². The lowest BCUT2D eigenvalue weighted by Gasteiger charge is -2.12. The molecule has 0 aliphatic heterocycles. The fraction of sp³-hybridized carbons (Fsp3) is 0.154. The van der Waals surface area contributed by atoms with Crippen molar-refractivity contribution in [2.24, 2.45) is 0 Å². The van der Waals surface area contributed by atoms with Gasteiger partial charge in [-0.05, 0) is 18.4 Å². The number of carboxylic acids is 1. The third-order valence-corrected chi connectivity index (χ3v) is 2.40. The van der Waals surface area contributed by atoms with Gasteiger partial charge in [0, 0.05) is 5.39 Å². The Balaban J connectivity index is 0.00000144. The van der Waals surface area contributed by atoms with Gasteiger partial charge in [-0.1, -0.05) is 36.4 Å². The molecule has 1 atom stereocenters. The van der Waals surface area contributed by atoms with Gasteiger partial charge in [-0.25, -0.2) is 4.79 Å². The van der Waals surface area contributed by atoms with Crippen molar-refractivity contribution in [2.45, 2.75) is 13.0 Å². The van der Waals surface area contributed by atoms with Crippen molar-refractivity contribution >= 4 is 16.7 Å². The van der Waals surface area contributed by atoms with E-state index in [2.05, 4.69) is 0 Å². The Labute approximate surface area is 99.4 Å². The molecule has 17 heavy (non-hydrogen) atoms. The Bertz CT molecular complexity index is 520. The molecule has 0 aliphatic carbocycles. The third-order valence-electron chi connectivity index (χ3n) is 2.40. The van der Waals surface area contributed by atoms with Crippen LogP contribution in [0, 0.1) is 0 Å². The van der Waals surface area contributed by atoms with Gasteiger partial charge in [-0.15, -0.1) is 0 Å². The molecule has 90 valence electrons. The van der Waals surface area contributed by atoms with Crippen LogP contribution in [-0.2, 0) is 4.79 Å². The normalized spacial score (nSPS) is 11.6. The molecule has 2 rings (SSSR count). The van der Waals surface area contributed by atoms with Gasteiger partial charge >= 0.3 is 5.97 Å². The van der Waals surface area contributed by atoms with Crippen molar-refractivity contribution in [2.75, 3.05) is 0 Å². The van der Waals surface area contributed by atoms with E-state index >= 15 is 0 Å². The maximum absolute atomic E-state index is 10.7. The van der Waals surface area contributed by atoms with Crippen LogP contribution in [0.1, 0.15) is 6.92 Å². The largest absolute Gasteiger partial charge is 0.479 e. The smallest absolute Gasteiger partial charge is 0.344 e. The number of carbonyl (C=O) groups is 1. The van der Waals surface area contributed by atoms with Crippen molar-refractivity contribution in [3.05, 3.63) is 42.5 Å². The highest BCUT2D eigenvalue weighted by Crippen LogP contribution is 2.25. The van der Waals surface area contributed by atoms with Crippen LogP contribution in [0.3, 0.4) is 0 Å². The van der Waals surface area contributed by atoms with E-state index in [0.717, 1.165) is 10.8 Å². The number of hydrogen-bond acceptors (Lipinski definition) is 2. The average molecular weight is 234 g/mol. The van der Waals surface area contributed by atoms with Gasteiger partial charge in [0.05, 0.1) is 0 Å². The van der Waals surface area contributed by atoms with Gasteiger partial charge in [-0.3, -0.25) is 0 Å². The predicted octanol–water partition coefficient (Wildman–Crippen LogP) is 3.07. The number of ether oxygens (including phenoxy) is 1. The molecule has 4 heteroatoms. The second kappa shape index (κ2) is 5.32. The summed E-state index contributed by atoms with van der Waals surface area (Å²) in [6.45, 7) is 1.52. The molecule has 0 amide bonds. The molecular weight excluding hydrogens is 218 g/mol. The highest BCUT2D eigenvalue weighted by atomic mass is 16.5. The zero-order chi connectivity index (χ0) is 11.5. The molecule has 4 nitrogen and oxygen atoms in total. The van der Waals surface area contributed by atoms with Crippen LogP contribution in [0.2, 0.25) is 0 Å². The van der Waals surface area contributed by atoms with Crippen molar-refractivity contribution in [1.29, 1.82) is 0 Å². The summed E-state index contributed by atoms with van der Waals surface area (Å²) in [6.07, 6.45) is -0.842. The summed E-state index contributed by atoms with van der Waals surface area (Å²) >= 11 is 0. The number of benzene rings is 2. The highest BCUT2D eigenvalue weighted by Gasteiger charge is 2.13. The van der Waals surface area contributed by atoms with Crippen molar-refractivity contribution < 1.29 is 14.6 Å². The van der Waals surface area contributed by atoms with Gasteiger partial charge in [0.15, 0.2) is 6.10 Å². The molecular formula is C13H16NO3+. The van der Waals surface area contributed by atoms with Gasteiger partial charge in [0.25, 0.3) is 0 Å². The summed E-state index contributed by atoms with van der Waals surface area (Å²) in [5, 5.41) is 10.8. The maximum Gasteiger partial charge on any atom is 0.344 e. The number of fused-ring (bicyclic) bond motifs is 1. The van der Waals surface area contributed by atoms with Crippen molar-refractivity contribution in [1.82, 2.24) is 6.15 Å². The molecule has 0 spiro atoms. The first-order chi connectivity index (χ1) is 7.68. The summed E-state index contributed by atoms with van der Waals surface area (Å²) in [7, 11) is 0. The quantitative estimate of drug-likeness (QED) is 0.856. The van der Waals surface area contributed by atoms with E-state index in [1.165, 1.54) is 6.92 Å². The minimum atomic E-state index is -0.965. The Morgan fingerprint density at radius 2 is 1.82 bits per heavy atom. The Morgan fingerprint density at radius 3 is 2.53 bits per heavy atom. The van der Waals surface area contributed by atoms with E-state index in [-0.39, 0.29) is 6.15 Å². The lowest BCUT2D eigenvalue weighted by molar-refractivity contribution is -0.144. The summed E-state index contributed by atoms with van der Waals surface area (Å²) in [6, 6.07) is 13.3. The van der Waals surface area contributed by atoms with E-state index in [1.807, 2.05) is 36.4 Å². The molecule has 0 saturated carbocycles. The second-order valence-electron chi connectivity index (χ2n) is 3.58. The van der Waals surface area contributed by atoms with Crippen LogP contribution in [0.25, 0.3) is 10.8 Å². The standard InChI is InChI=1S/C13H12O3.H3N/c1-9(13(14)15)16-12-8-4-6-10-5-2-3-7-11(10)12;/h2-9H,1H3,(H,14,15);1H3/p+1/t9-;/m0./s1. The highest BCUT2D eigenvalue weighted by molar-refractivity contribution is 5.88. The molecule has 0 saturated heterocycles. The number of quaternary nitrogens is 1. The zero-order valence-electron chi connectivity index (χ0n) is 9.88. The minimum absolute atomic E-state index is 0. The summed E-state index contributed by atoms with van der Waals surface area (Å²) in [5.41, 5.74) is 0. The Hall–Kier alpha value is -2.07. The van der Waals surface area contributed by atoms with Gasteiger partial charge in [-0.2, -0.15) is 0 Å². The van der Waals surface area contributed by atoms with E-state index in [1.54, 1.807) is 6.07 Å². The lowest BCUT2D eigenvalue weighted by Crippen LogP contribution is -2.22. The SMILES string of the molecule is C[C@H](Oc1cccc2ccccc12)C(=O)O.[NH4+]. The molecule has 2 aromatic carbocycles. The number of hydrogen-bond donors (Lipinski definition) is 2. The predicted molar refractivity (Wildman–Crippen MR) is 67.7 cm³/mol.